The lowest BCUT2D eigenvalue weighted by Crippen LogP contribution is -2.21. The van der Waals surface area contributed by atoms with Gasteiger partial charge >= 0.3 is 0 Å². The predicted octanol–water partition coefficient (Wildman–Crippen LogP) is 3.15. The lowest BCUT2D eigenvalue weighted by molar-refractivity contribution is -0.384. The molecule has 0 heterocycles. The van der Waals surface area contributed by atoms with E-state index < -0.39 is 4.92 Å². The van der Waals surface area contributed by atoms with Gasteiger partial charge in [-0.3, -0.25) is 10.1 Å². The molecule has 0 N–H and O–H groups in total. The topological polar surface area (TPSA) is 79.4 Å². The van der Waals surface area contributed by atoms with Gasteiger partial charge in [0.15, 0.2) is 0 Å². The summed E-state index contributed by atoms with van der Waals surface area (Å²) in [5.41, 5.74) is 1.74. The van der Waals surface area contributed by atoms with Gasteiger partial charge in [-0.15, -0.1) is 0 Å². The molecule has 0 aromatic heterocycles. The molecule has 118 valence electrons. The molecule has 0 fully saturated rings. The van der Waals surface area contributed by atoms with Crippen LogP contribution in [0, 0.1) is 21.4 Å². The van der Waals surface area contributed by atoms with Crippen molar-refractivity contribution < 1.29 is 9.66 Å². The molecule has 0 amide bonds. The molecule has 0 radical (unpaired) electrons. The molecular weight excluding hydrogens is 294 g/mol. The van der Waals surface area contributed by atoms with Gasteiger partial charge in [0.1, 0.15) is 11.4 Å². The van der Waals surface area contributed by atoms with E-state index in [1.807, 2.05) is 35.2 Å². The number of hydrogen-bond donors (Lipinski definition) is 0. The molecule has 2 aromatic carbocycles. The maximum Gasteiger partial charge on any atom is 0.293 e. The fraction of sp³-hybridized carbons (Fsp3) is 0.235. The van der Waals surface area contributed by atoms with Crippen molar-refractivity contribution in [2.75, 3.05) is 25.6 Å². The summed E-state index contributed by atoms with van der Waals surface area (Å²) >= 11 is 0. The maximum absolute atomic E-state index is 11.2. The summed E-state index contributed by atoms with van der Waals surface area (Å²) in [5, 5.41) is 20.1. The number of anilines is 1. The Bertz CT molecular complexity index is 753. The average molecular weight is 311 g/mol. The Balaban J connectivity index is 2.19. The first-order chi connectivity index (χ1) is 11.1. The first-order valence-electron chi connectivity index (χ1n) is 7.08. The highest BCUT2D eigenvalue weighted by Gasteiger charge is 2.18. The molecule has 0 aliphatic carbocycles. The normalized spacial score (nSPS) is 9.96. The van der Waals surface area contributed by atoms with Crippen molar-refractivity contribution in [2.24, 2.45) is 0 Å². The minimum absolute atomic E-state index is 0.0634. The molecule has 23 heavy (non-hydrogen) atoms. The zero-order valence-corrected chi connectivity index (χ0v) is 13.0. The highest BCUT2D eigenvalue weighted by Crippen LogP contribution is 2.29. The van der Waals surface area contributed by atoms with Crippen LogP contribution >= 0.6 is 0 Å². The van der Waals surface area contributed by atoms with Crippen molar-refractivity contribution in [3.8, 4) is 11.8 Å². The van der Waals surface area contributed by atoms with Gasteiger partial charge in [-0.1, -0.05) is 18.2 Å². The lowest BCUT2D eigenvalue weighted by atomic mass is 10.1. The number of nitro benzene ring substituents is 1. The molecule has 0 aliphatic rings. The second-order valence-corrected chi connectivity index (χ2v) is 5.06. The predicted molar refractivity (Wildman–Crippen MR) is 87.8 cm³/mol. The minimum Gasteiger partial charge on any atom is -0.496 e. The zero-order chi connectivity index (χ0) is 16.8. The zero-order valence-electron chi connectivity index (χ0n) is 13.0. The first kappa shape index (κ1) is 16.3. The maximum atomic E-state index is 11.2. The average Bonchev–Trinajstić information content (AvgIpc) is 2.59. The van der Waals surface area contributed by atoms with E-state index >= 15 is 0 Å². The first-order valence-corrected chi connectivity index (χ1v) is 7.08. The highest BCUT2D eigenvalue weighted by molar-refractivity contribution is 5.65. The van der Waals surface area contributed by atoms with Crippen molar-refractivity contribution >= 4 is 11.4 Å². The van der Waals surface area contributed by atoms with Gasteiger partial charge in [-0.25, -0.2) is 0 Å². The van der Waals surface area contributed by atoms with E-state index in [0.29, 0.717) is 18.7 Å². The number of nitriles is 1. The lowest BCUT2D eigenvalue weighted by Gasteiger charge is -2.20. The van der Waals surface area contributed by atoms with E-state index in [1.165, 1.54) is 6.07 Å². The standard InChI is InChI=1S/C17H17N3O3/c1-19(10-9-14-5-3-4-6-17(14)23-2)15-8-7-13(12-18)11-16(15)20(21)22/h3-8,11H,9-10H2,1-2H3. The number of hydrogen-bond acceptors (Lipinski definition) is 5. The number of para-hydroxylation sites is 1. The summed E-state index contributed by atoms with van der Waals surface area (Å²) in [5.74, 6) is 0.801. The van der Waals surface area contributed by atoms with Crippen LogP contribution in [0.2, 0.25) is 0 Å². The second kappa shape index (κ2) is 7.27. The van der Waals surface area contributed by atoms with Gasteiger partial charge < -0.3 is 9.64 Å². The third kappa shape index (κ3) is 3.77. The second-order valence-electron chi connectivity index (χ2n) is 5.06. The Labute approximate surface area is 134 Å². The fourth-order valence-electron chi connectivity index (χ4n) is 2.38. The van der Waals surface area contributed by atoms with Crippen LogP contribution in [0.15, 0.2) is 42.5 Å². The molecule has 0 aliphatic heterocycles. The van der Waals surface area contributed by atoms with E-state index in [0.717, 1.165) is 11.3 Å². The number of nitro groups is 1. The fourth-order valence-corrected chi connectivity index (χ4v) is 2.38. The van der Waals surface area contributed by atoms with Gasteiger partial charge in [0.05, 0.1) is 23.7 Å². The molecule has 2 rings (SSSR count). The number of ether oxygens (including phenoxy) is 1. The third-order valence-electron chi connectivity index (χ3n) is 3.62. The molecule has 0 unspecified atom stereocenters. The monoisotopic (exact) mass is 311 g/mol. The van der Waals surface area contributed by atoms with E-state index in [1.54, 1.807) is 26.3 Å². The molecule has 0 bridgehead atoms. The molecule has 0 saturated heterocycles. The van der Waals surface area contributed by atoms with Gasteiger partial charge in [-0.2, -0.15) is 5.26 Å². The van der Waals surface area contributed by atoms with Crippen LogP contribution in [0.5, 0.6) is 5.75 Å². The molecule has 0 atom stereocenters. The Hall–Kier alpha value is -3.07. The van der Waals surface area contributed by atoms with Crippen molar-refractivity contribution in [3.63, 3.8) is 0 Å². The third-order valence-corrected chi connectivity index (χ3v) is 3.62. The minimum atomic E-state index is -0.463. The van der Waals surface area contributed by atoms with Crippen LogP contribution in [0.1, 0.15) is 11.1 Å². The van der Waals surface area contributed by atoms with Crippen molar-refractivity contribution in [3.05, 3.63) is 63.7 Å². The van der Waals surface area contributed by atoms with Crippen LogP contribution < -0.4 is 9.64 Å². The number of rotatable bonds is 6. The highest BCUT2D eigenvalue weighted by atomic mass is 16.6. The SMILES string of the molecule is COc1ccccc1CCN(C)c1ccc(C#N)cc1[N+](=O)[O-]. The number of nitrogens with zero attached hydrogens (tertiary/aromatic N) is 3. The largest absolute Gasteiger partial charge is 0.496 e. The number of benzene rings is 2. The van der Waals surface area contributed by atoms with Crippen molar-refractivity contribution in [1.82, 2.24) is 0 Å². The van der Waals surface area contributed by atoms with Crippen LogP contribution in [0.25, 0.3) is 0 Å². The Kier molecular flexibility index (Phi) is 5.15. The van der Waals surface area contributed by atoms with Crippen LogP contribution in [0.3, 0.4) is 0 Å². The van der Waals surface area contributed by atoms with Crippen molar-refractivity contribution in [1.29, 1.82) is 5.26 Å². The van der Waals surface area contributed by atoms with Crippen molar-refractivity contribution in [2.45, 2.75) is 6.42 Å². The molecule has 6 nitrogen and oxygen atoms in total. The summed E-state index contributed by atoms with van der Waals surface area (Å²) in [6, 6.07) is 14.1. The summed E-state index contributed by atoms with van der Waals surface area (Å²) in [7, 11) is 3.41. The quantitative estimate of drug-likeness (QED) is 0.605. The molecule has 0 spiro atoms. The van der Waals surface area contributed by atoms with Gasteiger partial charge in [0.25, 0.3) is 5.69 Å². The van der Waals surface area contributed by atoms with Gasteiger partial charge in [0, 0.05) is 19.7 Å². The molecule has 2 aromatic rings. The van der Waals surface area contributed by atoms with E-state index in [9.17, 15) is 10.1 Å². The Morgan fingerprint density at radius 2 is 2.04 bits per heavy atom. The number of methoxy groups -OCH3 is 1. The van der Waals surface area contributed by atoms with E-state index in [2.05, 4.69) is 0 Å². The van der Waals surface area contributed by atoms with Gasteiger partial charge in [0.2, 0.25) is 0 Å². The molecule has 0 saturated carbocycles. The smallest absolute Gasteiger partial charge is 0.293 e. The summed E-state index contributed by atoms with van der Waals surface area (Å²) in [6.07, 6.45) is 0.692. The van der Waals surface area contributed by atoms with Crippen LogP contribution in [-0.2, 0) is 6.42 Å². The van der Waals surface area contributed by atoms with Crippen LogP contribution in [-0.4, -0.2) is 25.6 Å². The summed E-state index contributed by atoms with van der Waals surface area (Å²) in [4.78, 5) is 12.6. The van der Waals surface area contributed by atoms with E-state index in [-0.39, 0.29) is 11.3 Å². The summed E-state index contributed by atoms with van der Waals surface area (Å²) < 4.78 is 5.31. The Morgan fingerprint density at radius 3 is 2.70 bits per heavy atom. The van der Waals surface area contributed by atoms with E-state index in [4.69, 9.17) is 10.00 Å². The van der Waals surface area contributed by atoms with Crippen LogP contribution in [0.4, 0.5) is 11.4 Å². The number of likely N-dealkylation sites (N-methyl/N-ethyl adjacent to an activating group) is 1. The molecule has 6 heteroatoms. The summed E-state index contributed by atoms with van der Waals surface area (Å²) in [6.45, 7) is 0.590. The molecular formula is C17H17N3O3. The van der Waals surface area contributed by atoms with Gasteiger partial charge in [-0.05, 0) is 30.2 Å². The Morgan fingerprint density at radius 1 is 1.30 bits per heavy atom.